The smallest absolute Gasteiger partial charge is 0.418 e. The van der Waals surface area contributed by atoms with E-state index < -0.39 is 46.4 Å². The molecule has 0 radical (unpaired) electrons. The molecule has 2 aliphatic heterocycles. The van der Waals surface area contributed by atoms with Gasteiger partial charge in [0.25, 0.3) is 5.92 Å². The molecule has 6 rings (SSSR count). The number of nitrogen functional groups attached to an aromatic ring is 1. The van der Waals surface area contributed by atoms with Crippen molar-refractivity contribution >= 4 is 22.5 Å². The summed E-state index contributed by atoms with van der Waals surface area (Å²) in [6, 6.07) is 1.37. The maximum absolute atomic E-state index is 15.9. The highest BCUT2D eigenvalue weighted by molar-refractivity contribution is 5.96. The van der Waals surface area contributed by atoms with Crippen molar-refractivity contribution in [2.24, 2.45) is 5.41 Å². The van der Waals surface area contributed by atoms with Crippen LogP contribution in [0.15, 0.2) is 6.07 Å². The van der Waals surface area contributed by atoms with Gasteiger partial charge in [0.15, 0.2) is 5.82 Å². The van der Waals surface area contributed by atoms with E-state index in [1.165, 1.54) is 20.5 Å². The van der Waals surface area contributed by atoms with Gasteiger partial charge in [0.1, 0.15) is 33.9 Å². The van der Waals surface area contributed by atoms with Crippen molar-refractivity contribution in [1.82, 2.24) is 30.2 Å². The van der Waals surface area contributed by atoms with Crippen LogP contribution in [0.3, 0.4) is 0 Å². The first-order valence-corrected chi connectivity index (χ1v) is 16.6. The van der Waals surface area contributed by atoms with E-state index in [2.05, 4.69) is 35.5 Å². The number of methoxy groups -OCH3 is 1. The Kier molecular flexibility index (Phi) is 11.7. The summed E-state index contributed by atoms with van der Waals surface area (Å²) in [7, 11) is 3.05. The molecule has 0 bridgehead atoms. The van der Waals surface area contributed by atoms with Gasteiger partial charge in [0.05, 0.1) is 24.2 Å². The molecule has 0 amide bonds. The van der Waals surface area contributed by atoms with E-state index in [0.717, 1.165) is 25.5 Å². The Balaban J connectivity index is 0.000000316. The molecule has 10 nitrogen and oxygen atoms in total. The zero-order chi connectivity index (χ0) is 36.3. The number of aryl methyl sites for hydroxylation is 1. The van der Waals surface area contributed by atoms with Gasteiger partial charge >= 0.3 is 12.2 Å². The topological polar surface area (TPSA) is 123 Å². The maximum atomic E-state index is 15.9. The lowest BCUT2D eigenvalue weighted by atomic mass is 10.0. The normalized spacial score (nSPS) is 21.4. The molecule has 3 fully saturated rings. The molecule has 5 heterocycles. The van der Waals surface area contributed by atoms with E-state index in [-0.39, 0.29) is 46.4 Å². The first-order valence-electron chi connectivity index (χ1n) is 16.6. The van der Waals surface area contributed by atoms with Gasteiger partial charge in [-0.3, -0.25) is 4.90 Å². The first-order chi connectivity index (χ1) is 23.1. The highest BCUT2D eigenvalue weighted by Gasteiger charge is 2.74. The number of anilines is 2. The molecule has 272 valence electrons. The predicted octanol–water partition coefficient (Wildman–Crippen LogP) is 6.86. The van der Waals surface area contributed by atoms with E-state index >= 15 is 4.39 Å². The van der Waals surface area contributed by atoms with Gasteiger partial charge in [0, 0.05) is 32.1 Å². The lowest BCUT2D eigenvalue weighted by Gasteiger charge is -2.20. The SMILES string of the molecule is CC.CCC(C)Oc1nc(-c2nc(N)cc(C)c2C(F)(F)F)c(F)c2nc(OC)nc(NCCNC)c12.FC1(F)CC12CC1CCCN1C2. The average molecular weight is 701 g/mol. The lowest BCUT2D eigenvalue weighted by Crippen LogP contribution is -2.23. The van der Waals surface area contributed by atoms with Gasteiger partial charge in [-0.2, -0.15) is 23.1 Å². The van der Waals surface area contributed by atoms with Gasteiger partial charge in [0.2, 0.25) is 5.88 Å². The van der Waals surface area contributed by atoms with Crippen LogP contribution in [-0.4, -0.2) is 83.2 Å². The summed E-state index contributed by atoms with van der Waals surface area (Å²) in [6.45, 7) is 11.5. The number of nitrogens with one attached hydrogen (secondary N) is 2. The summed E-state index contributed by atoms with van der Waals surface area (Å²) in [5, 5.41) is 6.07. The molecule has 4 N–H and O–H groups in total. The molecule has 1 saturated carbocycles. The molecule has 1 spiro atoms. The van der Waals surface area contributed by atoms with Crippen LogP contribution in [0.4, 0.5) is 38.0 Å². The summed E-state index contributed by atoms with van der Waals surface area (Å²) in [6.07, 6.45) is -1.39. The molecule has 1 aliphatic carbocycles. The highest BCUT2D eigenvalue weighted by Crippen LogP contribution is 2.67. The van der Waals surface area contributed by atoms with Crippen molar-refractivity contribution in [3.05, 3.63) is 23.0 Å². The molecule has 16 heteroatoms. The number of hydrogen-bond acceptors (Lipinski definition) is 10. The third kappa shape index (κ3) is 7.89. The van der Waals surface area contributed by atoms with Crippen LogP contribution >= 0.6 is 0 Å². The quantitative estimate of drug-likeness (QED) is 0.161. The summed E-state index contributed by atoms with van der Waals surface area (Å²) in [5.41, 5.74) is 2.00. The van der Waals surface area contributed by atoms with Crippen LogP contribution in [0.2, 0.25) is 0 Å². The largest absolute Gasteiger partial charge is 0.474 e. The van der Waals surface area contributed by atoms with Crippen molar-refractivity contribution in [2.45, 2.75) is 91.0 Å². The van der Waals surface area contributed by atoms with Crippen molar-refractivity contribution in [3.8, 4) is 23.3 Å². The van der Waals surface area contributed by atoms with Gasteiger partial charge < -0.3 is 25.8 Å². The van der Waals surface area contributed by atoms with Crippen molar-refractivity contribution in [3.63, 3.8) is 0 Å². The number of nitrogens with zero attached hydrogens (tertiary/aromatic N) is 5. The van der Waals surface area contributed by atoms with Crippen molar-refractivity contribution < 1.29 is 35.8 Å². The van der Waals surface area contributed by atoms with E-state index in [4.69, 9.17) is 15.2 Å². The molecule has 3 atom stereocenters. The average Bonchev–Trinajstić information content (AvgIpc) is 3.30. The first kappa shape index (κ1) is 38.1. The molecular weight excluding hydrogens is 654 g/mol. The number of alkyl halides is 5. The minimum atomic E-state index is -4.84. The Labute approximate surface area is 282 Å². The van der Waals surface area contributed by atoms with Gasteiger partial charge in [-0.15, -0.1) is 0 Å². The van der Waals surface area contributed by atoms with Crippen LogP contribution in [-0.2, 0) is 6.18 Å². The van der Waals surface area contributed by atoms with Crippen LogP contribution < -0.4 is 25.8 Å². The number of rotatable bonds is 9. The Morgan fingerprint density at radius 1 is 1.12 bits per heavy atom. The van der Waals surface area contributed by atoms with Crippen molar-refractivity contribution in [2.75, 3.05) is 51.4 Å². The number of pyridine rings is 2. The van der Waals surface area contributed by atoms with E-state index in [9.17, 15) is 22.0 Å². The Morgan fingerprint density at radius 2 is 1.82 bits per heavy atom. The van der Waals surface area contributed by atoms with Gasteiger partial charge in [-0.1, -0.05) is 20.8 Å². The molecule has 3 aromatic rings. The number of ether oxygens (including phenoxy) is 2. The molecule has 3 aliphatic rings. The second-order valence-electron chi connectivity index (χ2n) is 12.4. The standard InChI is InChI=1S/C22H27F4N7O2.C9H13F2N.C2H6/c1-6-11(3)35-20-13-16(32-21(34-5)33-19(13)29-8-7-28-4)15(23)18(31-20)17-14(22(24,25)26)10(2)9-12(27)30-17;10-9(11)5-8(9)4-7-2-1-3-12(7)6-8;1-2/h9,11,28H,6-8H2,1-5H3,(H2,27,30)(H,29,32,33);7H,1-6H2;1-2H3. The number of likely N-dealkylation sites (N-methyl/N-ethyl adjacent to an activating group) is 1. The zero-order valence-corrected chi connectivity index (χ0v) is 29.0. The van der Waals surface area contributed by atoms with Gasteiger partial charge in [-0.05, 0) is 64.8 Å². The van der Waals surface area contributed by atoms with Crippen LogP contribution in [0.5, 0.6) is 11.9 Å². The van der Waals surface area contributed by atoms with E-state index in [0.29, 0.717) is 32.1 Å². The Bertz CT molecular complexity index is 1610. The Hall–Kier alpha value is -3.66. The van der Waals surface area contributed by atoms with Crippen LogP contribution in [0.1, 0.15) is 70.9 Å². The minimum Gasteiger partial charge on any atom is -0.474 e. The number of halogens is 6. The molecule has 49 heavy (non-hydrogen) atoms. The number of fused-ring (bicyclic) bond motifs is 2. The van der Waals surface area contributed by atoms with Crippen molar-refractivity contribution in [1.29, 1.82) is 0 Å². The number of hydrogen-bond donors (Lipinski definition) is 3. The van der Waals surface area contributed by atoms with Gasteiger partial charge in [-0.25, -0.2) is 23.1 Å². The molecule has 3 unspecified atom stereocenters. The third-order valence-corrected chi connectivity index (χ3v) is 9.06. The van der Waals surface area contributed by atoms with Crippen LogP contribution in [0.25, 0.3) is 22.3 Å². The fourth-order valence-electron chi connectivity index (χ4n) is 6.40. The summed E-state index contributed by atoms with van der Waals surface area (Å²) in [5.74, 6) is -3.67. The fraction of sp³-hybridized carbons (Fsp3) is 0.636. The lowest BCUT2D eigenvalue weighted by molar-refractivity contribution is -0.137. The van der Waals surface area contributed by atoms with Crippen LogP contribution in [0, 0.1) is 18.2 Å². The molecule has 3 aromatic heterocycles. The molecule has 0 aromatic carbocycles. The monoisotopic (exact) mass is 700 g/mol. The maximum Gasteiger partial charge on any atom is 0.418 e. The van der Waals surface area contributed by atoms with E-state index in [1.807, 2.05) is 20.8 Å². The summed E-state index contributed by atoms with van der Waals surface area (Å²) in [4.78, 5) is 18.6. The third-order valence-electron chi connectivity index (χ3n) is 9.06. The minimum absolute atomic E-state index is 0.0673. The predicted molar refractivity (Wildman–Crippen MR) is 177 cm³/mol. The fourth-order valence-corrected chi connectivity index (χ4v) is 6.40. The zero-order valence-electron chi connectivity index (χ0n) is 29.0. The van der Waals surface area contributed by atoms with E-state index in [1.54, 1.807) is 14.0 Å². The molecular formula is C33H46F6N8O2. The summed E-state index contributed by atoms with van der Waals surface area (Å²) < 4.78 is 94.8. The second-order valence-corrected chi connectivity index (χ2v) is 12.4. The number of aromatic nitrogens is 4. The second kappa shape index (κ2) is 15.1. The summed E-state index contributed by atoms with van der Waals surface area (Å²) >= 11 is 0. The highest BCUT2D eigenvalue weighted by atomic mass is 19.4. The Morgan fingerprint density at radius 3 is 2.39 bits per heavy atom. The molecule has 2 saturated heterocycles. The number of nitrogens with two attached hydrogens (primary N) is 1.